The lowest BCUT2D eigenvalue weighted by atomic mass is 10.1. The van der Waals surface area contributed by atoms with E-state index in [4.69, 9.17) is 14.6 Å². The Kier molecular flexibility index (Phi) is 2.28. The largest absolute Gasteiger partial charge is 0.393 e. The van der Waals surface area contributed by atoms with Crippen molar-refractivity contribution in [2.45, 2.75) is 25.6 Å². The highest BCUT2D eigenvalue weighted by Gasteiger charge is 2.26. The minimum absolute atomic E-state index is 0.0553. The van der Waals surface area contributed by atoms with Gasteiger partial charge in [-0.05, 0) is 13.8 Å². The molecule has 0 saturated carbocycles. The summed E-state index contributed by atoms with van der Waals surface area (Å²) < 4.78 is 10.3. The highest BCUT2D eigenvalue weighted by atomic mass is 16.6. The van der Waals surface area contributed by atoms with Crippen LogP contribution >= 0.6 is 0 Å². The van der Waals surface area contributed by atoms with E-state index in [1.807, 2.05) is 13.8 Å². The molecule has 3 nitrogen and oxygen atoms in total. The highest BCUT2D eigenvalue weighted by molar-refractivity contribution is 4.72. The van der Waals surface area contributed by atoms with Gasteiger partial charge in [0.15, 0.2) is 0 Å². The van der Waals surface area contributed by atoms with Gasteiger partial charge in [0.25, 0.3) is 0 Å². The molecule has 0 spiro atoms. The van der Waals surface area contributed by atoms with Crippen molar-refractivity contribution in [2.24, 2.45) is 0 Å². The molecule has 3 heteroatoms. The van der Waals surface area contributed by atoms with Crippen LogP contribution in [0.25, 0.3) is 0 Å². The van der Waals surface area contributed by atoms with Gasteiger partial charge in [-0.15, -0.1) is 0 Å². The van der Waals surface area contributed by atoms with Crippen molar-refractivity contribution < 1.29 is 14.6 Å². The summed E-state index contributed by atoms with van der Waals surface area (Å²) in [6.45, 7) is 5.18. The van der Waals surface area contributed by atoms with Crippen LogP contribution in [0.1, 0.15) is 13.8 Å². The van der Waals surface area contributed by atoms with Crippen molar-refractivity contribution in [1.82, 2.24) is 0 Å². The summed E-state index contributed by atoms with van der Waals surface area (Å²) in [5.74, 6) is 0. The first-order valence-electron chi connectivity index (χ1n) is 3.50. The van der Waals surface area contributed by atoms with E-state index >= 15 is 0 Å². The Morgan fingerprint density at radius 2 is 2.30 bits per heavy atom. The molecule has 10 heavy (non-hydrogen) atoms. The second kappa shape index (κ2) is 2.86. The predicted octanol–water partition coefficient (Wildman–Crippen LogP) is 0.173. The maximum atomic E-state index is 8.76. The van der Waals surface area contributed by atoms with E-state index < -0.39 is 5.60 Å². The second-order valence-electron chi connectivity index (χ2n) is 3.18. The van der Waals surface area contributed by atoms with Crippen molar-refractivity contribution in [3.8, 4) is 0 Å². The van der Waals surface area contributed by atoms with E-state index in [0.717, 1.165) is 6.61 Å². The van der Waals surface area contributed by atoms with Gasteiger partial charge >= 0.3 is 0 Å². The third-order valence-corrected chi connectivity index (χ3v) is 1.44. The number of rotatable bonds is 4. The van der Waals surface area contributed by atoms with Crippen LogP contribution in [-0.2, 0) is 9.47 Å². The molecule has 1 atom stereocenters. The van der Waals surface area contributed by atoms with Crippen molar-refractivity contribution in [1.29, 1.82) is 0 Å². The average molecular weight is 146 g/mol. The third kappa shape index (κ3) is 2.64. The molecular weight excluding hydrogens is 132 g/mol. The number of hydrogen-bond acceptors (Lipinski definition) is 3. The van der Waals surface area contributed by atoms with Crippen LogP contribution in [0.15, 0.2) is 0 Å². The molecule has 1 rings (SSSR count). The monoisotopic (exact) mass is 146 g/mol. The summed E-state index contributed by atoms with van der Waals surface area (Å²) in [7, 11) is 0. The van der Waals surface area contributed by atoms with Crippen molar-refractivity contribution >= 4 is 0 Å². The lowest BCUT2D eigenvalue weighted by molar-refractivity contribution is -0.0582. The Morgan fingerprint density at radius 1 is 1.70 bits per heavy atom. The van der Waals surface area contributed by atoms with Gasteiger partial charge in [0.1, 0.15) is 6.10 Å². The molecule has 0 aromatic heterocycles. The summed E-state index contributed by atoms with van der Waals surface area (Å²) in [6, 6.07) is 0. The van der Waals surface area contributed by atoms with E-state index in [2.05, 4.69) is 0 Å². The maximum absolute atomic E-state index is 8.76. The molecule has 1 fully saturated rings. The quantitative estimate of drug-likeness (QED) is 0.575. The van der Waals surface area contributed by atoms with E-state index in [1.165, 1.54) is 0 Å². The Balaban J connectivity index is 2.09. The van der Waals surface area contributed by atoms with E-state index in [0.29, 0.717) is 6.61 Å². The Labute approximate surface area is 60.9 Å². The topological polar surface area (TPSA) is 42.0 Å². The molecule has 1 saturated heterocycles. The van der Waals surface area contributed by atoms with Crippen LogP contribution in [0, 0.1) is 0 Å². The summed E-state index contributed by atoms with van der Waals surface area (Å²) in [4.78, 5) is 0. The Hall–Kier alpha value is -0.120. The van der Waals surface area contributed by atoms with Crippen LogP contribution in [0.2, 0.25) is 0 Å². The summed E-state index contributed by atoms with van der Waals surface area (Å²) in [5, 5.41) is 8.76. The van der Waals surface area contributed by atoms with E-state index in [-0.39, 0.29) is 12.7 Å². The molecular formula is C7H14O3. The van der Waals surface area contributed by atoms with Gasteiger partial charge in [-0.25, -0.2) is 0 Å². The van der Waals surface area contributed by atoms with Gasteiger partial charge < -0.3 is 14.6 Å². The molecule has 1 N–H and O–H groups in total. The first kappa shape index (κ1) is 7.98. The van der Waals surface area contributed by atoms with Gasteiger partial charge in [-0.1, -0.05) is 0 Å². The lowest BCUT2D eigenvalue weighted by Gasteiger charge is -2.21. The zero-order valence-electron chi connectivity index (χ0n) is 6.46. The van der Waals surface area contributed by atoms with Crippen LogP contribution in [0.4, 0.5) is 0 Å². The van der Waals surface area contributed by atoms with Gasteiger partial charge in [0.05, 0.1) is 25.4 Å². The molecule has 0 radical (unpaired) electrons. The van der Waals surface area contributed by atoms with Crippen LogP contribution in [-0.4, -0.2) is 36.6 Å². The van der Waals surface area contributed by atoms with E-state index in [1.54, 1.807) is 0 Å². The van der Waals surface area contributed by atoms with Crippen molar-refractivity contribution in [3.63, 3.8) is 0 Å². The average Bonchev–Trinajstić information content (AvgIpc) is 2.66. The Bertz CT molecular complexity index is 107. The maximum Gasteiger partial charge on any atom is 0.104 e. The third-order valence-electron chi connectivity index (χ3n) is 1.44. The number of hydrogen-bond donors (Lipinski definition) is 1. The lowest BCUT2D eigenvalue weighted by Crippen LogP contribution is -2.30. The summed E-state index contributed by atoms with van der Waals surface area (Å²) >= 11 is 0. The molecule has 1 aliphatic heterocycles. The van der Waals surface area contributed by atoms with Crippen LogP contribution in [0.3, 0.4) is 0 Å². The molecule has 60 valence electrons. The normalized spacial score (nSPS) is 24.9. The molecule has 0 amide bonds. The first-order valence-corrected chi connectivity index (χ1v) is 3.50. The zero-order chi connectivity index (χ0) is 7.61. The van der Waals surface area contributed by atoms with Crippen molar-refractivity contribution in [2.75, 3.05) is 19.8 Å². The fourth-order valence-corrected chi connectivity index (χ4v) is 0.528. The number of aliphatic hydroxyl groups excluding tert-OH is 1. The first-order chi connectivity index (χ1) is 4.64. The van der Waals surface area contributed by atoms with Crippen LogP contribution < -0.4 is 0 Å². The van der Waals surface area contributed by atoms with Gasteiger partial charge in [0, 0.05) is 0 Å². The molecule has 0 bridgehead atoms. The SMILES string of the molecule is CC(C)(CO)OCC1CO1. The summed E-state index contributed by atoms with van der Waals surface area (Å²) in [6.07, 6.45) is 0.283. The minimum atomic E-state index is -0.411. The standard InChI is InChI=1S/C7H14O3/c1-7(2,5-8)10-4-6-3-9-6/h6,8H,3-5H2,1-2H3. The molecule has 0 aromatic rings. The predicted molar refractivity (Wildman–Crippen MR) is 36.9 cm³/mol. The van der Waals surface area contributed by atoms with Gasteiger partial charge in [0.2, 0.25) is 0 Å². The molecule has 1 aliphatic rings. The highest BCUT2D eigenvalue weighted by Crippen LogP contribution is 2.14. The van der Waals surface area contributed by atoms with E-state index in [9.17, 15) is 0 Å². The van der Waals surface area contributed by atoms with Crippen molar-refractivity contribution in [3.05, 3.63) is 0 Å². The zero-order valence-corrected chi connectivity index (χ0v) is 6.46. The molecule has 1 heterocycles. The molecule has 1 unspecified atom stereocenters. The number of ether oxygens (including phenoxy) is 2. The number of aliphatic hydroxyl groups is 1. The Morgan fingerprint density at radius 3 is 2.70 bits per heavy atom. The fraction of sp³-hybridized carbons (Fsp3) is 1.00. The molecule has 0 aliphatic carbocycles. The summed E-state index contributed by atoms with van der Waals surface area (Å²) in [5.41, 5.74) is -0.411. The second-order valence-corrected chi connectivity index (χ2v) is 3.18. The van der Waals surface area contributed by atoms with Gasteiger partial charge in [-0.3, -0.25) is 0 Å². The minimum Gasteiger partial charge on any atom is -0.393 e. The smallest absolute Gasteiger partial charge is 0.104 e. The van der Waals surface area contributed by atoms with Crippen LogP contribution in [0.5, 0.6) is 0 Å². The molecule has 0 aromatic carbocycles. The fourth-order valence-electron chi connectivity index (χ4n) is 0.528. The number of epoxide rings is 1. The van der Waals surface area contributed by atoms with Gasteiger partial charge in [-0.2, -0.15) is 0 Å².